The third-order valence-electron chi connectivity index (χ3n) is 5.75. The van der Waals surface area contributed by atoms with Gasteiger partial charge in [0.05, 0.1) is 17.0 Å². The third kappa shape index (κ3) is 6.74. The van der Waals surface area contributed by atoms with Gasteiger partial charge in [-0.05, 0) is 37.6 Å². The molecule has 1 N–H and O–H groups in total. The van der Waals surface area contributed by atoms with Crippen LogP contribution in [-0.2, 0) is 16.1 Å². The number of carbonyl (C=O) groups excluding carboxylic acids is 2. The minimum absolute atomic E-state index is 0.0482. The van der Waals surface area contributed by atoms with Crippen LogP contribution in [0.1, 0.15) is 42.6 Å². The molecule has 3 rings (SSSR count). The molecule has 1 aromatic carbocycles. The molecule has 0 radical (unpaired) electrons. The second-order valence-corrected chi connectivity index (χ2v) is 8.85. The van der Waals surface area contributed by atoms with Crippen LogP contribution in [0, 0.1) is 5.82 Å². The molecule has 182 valence electrons. The van der Waals surface area contributed by atoms with Crippen molar-refractivity contribution in [1.82, 2.24) is 14.8 Å². The highest BCUT2D eigenvalue weighted by Gasteiger charge is 2.32. The minimum atomic E-state index is -1.09. The van der Waals surface area contributed by atoms with Crippen LogP contribution >= 0.6 is 11.6 Å². The van der Waals surface area contributed by atoms with E-state index in [9.17, 15) is 18.8 Å². The fourth-order valence-electron chi connectivity index (χ4n) is 3.90. The van der Waals surface area contributed by atoms with Gasteiger partial charge < -0.3 is 14.7 Å². The number of amides is 1. The largest absolute Gasteiger partial charge is 0.481 e. The standard InChI is InChI=1S/C24H27ClFN3O5/c1-15-12-29(16(2)11-28(15)13-17-3-5-19(26)6-4-17)22(31)14-34-24-20(9-18(25)10-27-24)21(30)7-8-23(32)33/h3-6,9-10,15-16H,7-8,11-14H2,1-2H3,(H,32,33). The van der Waals surface area contributed by atoms with E-state index in [0.717, 1.165) is 5.56 Å². The number of piperazine rings is 1. The zero-order chi connectivity index (χ0) is 24.8. The van der Waals surface area contributed by atoms with Gasteiger partial charge in [-0.1, -0.05) is 23.7 Å². The summed E-state index contributed by atoms with van der Waals surface area (Å²) in [4.78, 5) is 44.1. The summed E-state index contributed by atoms with van der Waals surface area (Å²) in [5.41, 5.74) is 1.05. The zero-order valence-electron chi connectivity index (χ0n) is 19.0. The Hall–Kier alpha value is -3.04. The Kier molecular flexibility index (Phi) is 8.57. The molecule has 1 aliphatic rings. The van der Waals surface area contributed by atoms with Crippen LogP contribution in [0.5, 0.6) is 5.88 Å². The molecule has 34 heavy (non-hydrogen) atoms. The van der Waals surface area contributed by atoms with Crippen molar-refractivity contribution in [3.63, 3.8) is 0 Å². The average molecular weight is 492 g/mol. The maximum absolute atomic E-state index is 13.2. The molecular weight excluding hydrogens is 465 g/mol. The summed E-state index contributed by atoms with van der Waals surface area (Å²) in [5, 5.41) is 9.02. The van der Waals surface area contributed by atoms with Crippen LogP contribution in [0.4, 0.5) is 4.39 Å². The second-order valence-electron chi connectivity index (χ2n) is 8.41. The van der Waals surface area contributed by atoms with Crippen molar-refractivity contribution in [3.05, 3.63) is 58.5 Å². The predicted molar refractivity (Wildman–Crippen MR) is 123 cm³/mol. The number of carboxylic acid groups (broad SMARTS) is 1. The molecule has 0 saturated carbocycles. The maximum Gasteiger partial charge on any atom is 0.303 e. The van der Waals surface area contributed by atoms with Gasteiger partial charge in [0.15, 0.2) is 12.4 Å². The normalized spacial score (nSPS) is 18.5. The fraction of sp³-hybridized carbons (Fsp3) is 0.417. The Morgan fingerprint density at radius 3 is 2.53 bits per heavy atom. The third-order valence-corrected chi connectivity index (χ3v) is 5.96. The quantitative estimate of drug-likeness (QED) is 0.536. The number of Topliss-reactive ketones (excluding diaryl/α,β-unsaturated/α-hetero) is 1. The van der Waals surface area contributed by atoms with E-state index in [1.54, 1.807) is 17.0 Å². The Morgan fingerprint density at radius 2 is 1.85 bits per heavy atom. The molecule has 10 heteroatoms. The summed E-state index contributed by atoms with van der Waals surface area (Å²) in [6.45, 7) is 5.44. The Morgan fingerprint density at radius 1 is 1.15 bits per heavy atom. The van der Waals surface area contributed by atoms with E-state index in [-0.39, 0.29) is 59.7 Å². The number of aliphatic carboxylic acids is 1. The lowest BCUT2D eigenvalue weighted by Gasteiger charge is -2.44. The summed E-state index contributed by atoms with van der Waals surface area (Å²) < 4.78 is 18.7. The molecule has 2 atom stereocenters. The first-order chi connectivity index (χ1) is 16.1. The van der Waals surface area contributed by atoms with Crippen molar-refractivity contribution in [1.29, 1.82) is 0 Å². The van der Waals surface area contributed by atoms with Gasteiger partial charge in [0.25, 0.3) is 5.91 Å². The molecule has 1 aromatic heterocycles. The van der Waals surface area contributed by atoms with Gasteiger partial charge in [-0.15, -0.1) is 0 Å². The summed E-state index contributed by atoms with van der Waals surface area (Å²) in [5.74, 6) is -2.15. The van der Waals surface area contributed by atoms with E-state index < -0.39 is 11.8 Å². The molecule has 2 heterocycles. The number of aromatic nitrogens is 1. The number of nitrogens with zero attached hydrogens (tertiary/aromatic N) is 3. The van der Waals surface area contributed by atoms with Crippen molar-refractivity contribution < 1.29 is 28.6 Å². The Bertz CT molecular complexity index is 1050. The molecule has 0 bridgehead atoms. The molecular formula is C24H27ClFN3O5. The smallest absolute Gasteiger partial charge is 0.303 e. The number of pyridine rings is 1. The van der Waals surface area contributed by atoms with Gasteiger partial charge in [0, 0.05) is 44.3 Å². The van der Waals surface area contributed by atoms with Gasteiger partial charge in [0.2, 0.25) is 5.88 Å². The second kappa shape index (κ2) is 11.4. The number of halogens is 2. The molecule has 2 unspecified atom stereocenters. The van der Waals surface area contributed by atoms with E-state index in [1.807, 2.05) is 13.8 Å². The van der Waals surface area contributed by atoms with E-state index in [4.69, 9.17) is 21.4 Å². The SMILES string of the molecule is CC1CN(C(=O)COc2ncc(Cl)cc2C(=O)CCC(=O)O)C(C)CN1Cc1ccc(F)cc1. The van der Waals surface area contributed by atoms with Gasteiger partial charge in [-0.25, -0.2) is 9.37 Å². The van der Waals surface area contributed by atoms with E-state index in [1.165, 1.54) is 24.4 Å². The Balaban J connectivity index is 1.60. The molecule has 0 spiro atoms. The molecule has 0 aliphatic carbocycles. The van der Waals surface area contributed by atoms with Crippen molar-refractivity contribution in [2.24, 2.45) is 0 Å². The number of hydrogen-bond acceptors (Lipinski definition) is 6. The molecule has 1 fully saturated rings. The van der Waals surface area contributed by atoms with Crippen LogP contribution < -0.4 is 4.74 Å². The lowest BCUT2D eigenvalue weighted by Crippen LogP contribution is -2.58. The highest BCUT2D eigenvalue weighted by molar-refractivity contribution is 6.30. The van der Waals surface area contributed by atoms with Crippen LogP contribution in [0.2, 0.25) is 5.02 Å². The Labute approximate surface area is 202 Å². The van der Waals surface area contributed by atoms with Crippen molar-refractivity contribution >= 4 is 29.3 Å². The number of ketones is 1. The highest BCUT2D eigenvalue weighted by atomic mass is 35.5. The van der Waals surface area contributed by atoms with Crippen molar-refractivity contribution in [2.75, 3.05) is 19.7 Å². The van der Waals surface area contributed by atoms with Crippen LogP contribution in [0.25, 0.3) is 0 Å². The van der Waals surface area contributed by atoms with Crippen LogP contribution in [0.15, 0.2) is 36.5 Å². The molecule has 1 saturated heterocycles. The maximum atomic E-state index is 13.2. The minimum Gasteiger partial charge on any atom is -0.481 e. The number of rotatable bonds is 9. The summed E-state index contributed by atoms with van der Waals surface area (Å²) in [7, 11) is 0. The zero-order valence-corrected chi connectivity index (χ0v) is 19.8. The van der Waals surface area contributed by atoms with E-state index in [0.29, 0.717) is 19.6 Å². The number of benzene rings is 1. The first kappa shape index (κ1) is 25.6. The van der Waals surface area contributed by atoms with Crippen molar-refractivity contribution in [3.8, 4) is 5.88 Å². The van der Waals surface area contributed by atoms with E-state index >= 15 is 0 Å². The molecule has 1 aliphatic heterocycles. The molecule has 1 amide bonds. The molecule has 8 nitrogen and oxygen atoms in total. The average Bonchev–Trinajstić information content (AvgIpc) is 2.80. The predicted octanol–water partition coefficient (Wildman–Crippen LogP) is 3.42. The first-order valence-electron chi connectivity index (χ1n) is 11.0. The topological polar surface area (TPSA) is 100 Å². The first-order valence-corrected chi connectivity index (χ1v) is 11.3. The summed E-state index contributed by atoms with van der Waals surface area (Å²) in [6.07, 6.45) is 0.738. The van der Waals surface area contributed by atoms with Crippen molar-refractivity contribution in [2.45, 2.75) is 45.3 Å². The number of ether oxygens (including phenoxy) is 1. The summed E-state index contributed by atoms with van der Waals surface area (Å²) in [6, 6.07) is 7.74. The lowest BCUT2D eigenvalue weighted by atomic mass is 10.1. The monoisotopic (exact) mass is 491 g/mol. The van der Waals surface area contributed by atoms with Crippen LogP contribution in [-0.4, -0.2) is 69.3 Å². The van der Waals surface area contributed by atoms with Gasteiger partial charge in [-0.3, -0.25) is 19.3 Å². The number of carbonyl (C=O) groups is 3. The fourth-order valence-corrected chi connectivity index (χ4v) is 4.06. The number of carboxylic acids is 1. The molecule has 2 aromatic rings. The van der Waals surface area contributed by atoms with Crippen LogP contribution in [0.3, 0.4) is 0 Å². The van der Waals surface area contributed by atoms with E-state index in [2.05, 4.69) is 9.88 Å². The van der Waals surface area contributed by atoms with Gasteiger partial charge >= 0.3 is 5.97 Å². The lowest BCUT2D eigenvalue weighted by molar-refractivity contribution is -0.139. The van der Waals surface area contributed by atoms with Gasteiger partial charge in [0.1, 0.15) is 5.82 Å². The highest BCUT2D eigenvalue weighted by Crippen LogP contribution is 2.23. The van der Waals surface area contributed by atoms with Gasteiger partial charge in [-0.2, -0.15) is 0 Å². The number of hydrogen-bond donors (Lipinski definition) is 1. The summed E-state index contributed by atoms with van der Waals surface area (Å²) >= 11 is 5.94.